The maximum atomic E-state index is 12.9. The van der Waals surface area contributed by atoms with E-state index in [0.29, 0.717) is 33.6 Å². The van der Waals surface area contributed by atoms with Gasteiger partial charge >= 0.3 is 0 Å². The smallest absolute Gasteiger partial charge is 0.220 e. The first-order valence-electron chi connectivity index (χ1n) is 8.10. The predicted octanol–water partition coefficient (Wildman–Crippen LogP) is 2.43. The molecule has 0 spiro atoms. The van der Waals surface area contributed by atoms with E-state index in [9.17, 15) is 18.3 Å². The molecule has 1 aliphatic rings. The summed E-state index contributed by atoms with van der Waals surface area (Å²) in [6.45, 7) is 7.50. The summed E-state index contributed by atoms with van der Waals surface area (Å²) in [4.78, 5) is 13.3. The third-order valence-corrected chi connectivity index (χ3v) is 7.00. The summed E-state index contributed by atoms with van der Waals surface area (Å²) in [5, 5.41) is 13.9. The molecule has 0 unspecified atom stereocenters. The summed E-state index contributed by atoms with van der Waals surface area (Å²) < 4.78 is 26.4. The molecule has 1 N–H and O–H groups in total. The van der Waals surface area contributed by atoms with Crippen LogP contribution in [-0.4, -0.2) is 34.8 Å². The van der Waals surface area contributed by atoms with Gasteiger partial charge in [-0.1, -0.05) is 13.8 Å². The molecule has 2 heterocycles. The predicted molar refractivity (Wildman–Crippen MR) is 93.9 cm³/mol. The van der Waals surface area contributed by atoms with Gasteiger partial charge in [0.2, 0.25) is 5.88 Å². The Balaban J connectivity index is 2.31. The van der Waals surface area contributed by atoms with Crippen LogP contribution in [-0.2, 0) is 22.3 Å². The van der Waals surface area contributed by atoms with Gasteiger partial charge in [-0.05, 0) is 48.4 Å². The molecule has 6 nitrogen and oxygen atoms in total. The first kappa shape index (κ1) is 17.7. The van der Waals surface area contributed by atoms with Gasteiger partial charge in [-0.15, -0.1) is 0 Å². The van der Waals surface area contributed by atoms with Crippen molar-refractivity contribution in [3.63, 3.8) is 0 Å². The molecule has 1 aromatic heterocycles. The Morgan fingerprint density at radius 3 is 2.48 bits per heavy atom. The lowest BCUT2D eigenvalue weighted by Gasteiger charge is -2.35. The summed E-state index contributed by atoms with van der Waals surface area (Å²) in [6, 6.07) is 1.61. The molecule has 0 saturated carbocycles. The molecule has 134 valence electrons. The van der Waals surface area contributed by atoms with Gasteiger partial charge in [-0.25, -0.2) is 13.1 Å². The number of carbonyl (C=O) groups is 1. The Morgan fingerprint density at radius 2 is 1.92 bits per heavy atom. The van der Waals surface area contributed by atoms with Gasteiger partial charge in [0.1, 0.15) is 5.56 Å². The molecule has 0 radical (unpaired) electrons. The van der Waals surface area contributed by atoms with E-state index in [1.807, 2.05) is 13.8 Å². The van der Waals surface area contributed by atoms with Crippen molar-refractivity contribution in [2.24, 2.45) is 7.05 Å². The highest BCUT2D eigenvalue weighted by molar-refractivity contribution is 7.91. The zero-order chi connectivity index (χ0) is 18.7. The summed E-state index contributed by atoms with van der Waals surface area (Å²) in [5.41, 5.74) is 2.11. The van der Waals surface area contributed by atoms with Crippen molar-refractivity contribution in [3.05, 3.63) is 40.1 Å². The summed E-state index contributed by atoms with van der Waals surface area (Å²) in [7, 11) is -1.81. The number of sulfone groups is 1. The minimum absolute atomic E-state index is 0.112. The molecule has 0 amide bonds. The van der Waals surface area contributed by atoms with E-state index in [4.69, 9.17) is 0 Å². The van der Waals surface area contributed by atoms with Crippen molar-refractivity contribution < 1.29 is 18.3 Å². The number of ketones is 1. The monoisotopic (exact) mass is 362 g/mol. The Kier molecular flexibility index (Phi) is 3.83. The summed E-state index contributed by atoms with van der Waals surface area (Å²) in [5.74, 6) is -0.441. The molecule has 1 aliphatic heterocycles. The highest BCUT2D eigenvalue weighted by atomic mass is 32.2. The molecule has 25 heavy (non-hydrogen) atoms. The van der Waals surface area contributed by atoms with Crippen molar-refractivity contribution in [3.8, 4) is 5.88 Å². The zero-order valence-electron chi connectivity index (χ0n) is 15.0. The number of aromatic hydroxyl groups is 1. The third kappa shape index (κ3) is 2.57. The Hall–Kier alpha value is -2.15. The lowest BCUT2D eigenvalue weighted by atomic mass is 9.77. The second kappa shape index (κ2) is 5.42. The fraction of sp³-hybridized carbons (Fsp3) is 0.444. The Bertz CT molecular complexity index is 1000. The molecule has 3 rings (SSSR count). The SMILES string of the molecule is Cc1cc(C(=O)c2cnn(C)c2O)c(C)c2c1S(=O)(=O)CCC2(C)C. The molecule has 0 bridgehead atoms. The number of nitrogens with zero attached hydrogens (tertiary/aromatic N) is 2. The van der Waals surface area contributed by atoms with Crippen LogP contribution in [0.1, 0.15) is 52.9 Å². The fourth-order valence-corrected chi connectivity index (χ4v) is 5.97. The number of aryl methyl sites for hydroxylation is 2. The molecule has 0 atom stereocenters. The van der Waals surface area contributed by atoms with Crippen LogP contribution in [0.3, 0.4) is 0 Å². The maximum Gasteiger partial charge on any atom is 0.220 e. The van der Waals surface area contributed by atoms with E-state index in [1.165, 1.54) is 10.9 Å². The van der Waals surface area contributed by atoms with Crippen LogP contribution in [0.2, 0.25) is 0 Å². The highest BCUT2D eigenvalue weighted by Crippen LogP contribution is 2.43. The molecule has 1 aromatic carbocycles. The van der Waals surface area contributed by atoms with E-state index >= 15 is 0 Å². The third-order valence-electron chi connectivity index (χ3n) is 5.11. The molecule has 0 fully saturated rings. The van der Waals surface area contributed by atoms with E-state index in [1.54, 1.807) is 27.0 Å². The topological polar surface area (TPSA) is 89.3 Å². The largest absolute Gasteiger partial charge is 0.493 e. The van der Waals surface area contributed by atoms with Crippen molar-refractivity contribution >= 4 is 15.6 Å². The van der Waals surface area contributed by atoms with Gasteiger partial charge in [0.25, 0.3) is 0 Å². The van der Waals surface area contributed by atoms with E-state index in [2.05, 4.69) is 5.10 Å². The molecule has 7 heteroatoms. The van der Waals surface area contributed by atoms with Gasteiger partial charge in [0.15, 0.2) is 15.6 Å². The minimum atomic E-state index is -3.35. The summed E-state index contributed by atoms with van der Waals surface area (Å²) >= 11 is 0. The van der Waals surface area contributed by atoms with Crippen molar-refractivity contribution in [2.75, 3.05) is 5.75 Å². The number of benzene rings is 1. The van der Waals surface area contributed by atoms with Crippen LogP contribution in [0.5, 0.6) is 5.88 Å². The van der Waals surface area contributed by atoms with Crippen LogP contribution >= 0.6 is 0 Å². The molecular weight excluding hydrogens is 340 g/mol. The van der Waals surface area contributed by atoms with Crippen molar-refractivity contribution in [2.45, 2.75) is 44.4 Å². The van der Waals surface area contributed by atoms with E-state index < -0.39 is 9.84 Å². The van der Waals surface area contributed by atoms with Crippen LogP contribution in [0.15, 0.2) is 17.2 Å². The minimum Gasteiger partial charge on any atom is -0.493 e. The normalized spacial score (nSPS) is 18.0. The lowest BCUT2D eigenvalue weighted by molar-refractivity contribution is 0.103. The first-order valence-corrected chi connectivity index (χ1v) is 9.75. The van der Waals surface area contributed by atoms with Gasteiger partial charge in [-0.3, -0.25) is 4.79 Å². The quantitative estimate of drug-likeness (QED) is 0.829. The number of hydrogen-bond acceptors (Lipinski definition) is 5. The highest BCUT2D eigenvalue weighted by Gasteiger charge is 2.39. The van der Waals surface area contributed by atoms with Crippen LogP contribution in [0, 0.1) is 13.8 Å². The molecule has 0 aliphatic carbocycles. The Morgan fingerprint density at radius 1 is 1.28 bits per heavy atom. The fourth-order valence-electron chi connectivity index (χ4n) is 3.70. The second-order valence-corrected chi connectivity index (χ2v) is 9.40. The zero-order valence-corrected chi connectivity index (χ0v) is 15.9. The van der Waals surface area contributed by atoms with Gasteiger partial charge in [-0.2, -0.15) is 5.10 Å². The second-order valence-electron chi connectivity index (χ2n) is 7.36. The van der Waals surface area contributed by atoms with E-state index in [-0.39, 0.29) is 28.4 Å². The van der Waals surface area contributed by atoms with Crippen LogP contribution < -0.4 is 0 Å². The number of aromatic nitrogens is 2. The van der Waals surface area contributed by atoms with Crippen molar-refractivity contribution in [1.82, 2.24) is 9.78 Å². The van der Waals surface area contributed by atoms with Crippen LogP contribution in [0.25, 0.3) is 0 Å². The first-order chi connectivity index (χ1) is 11.5. The van der Waals surface area contributed by atoms with Gasteiger partial charge < -0.3 is 5.11 Å². The maximum absolute atomic E-state index is 12.9. The summed E-state index contributed by atoms with van der Waals surface area (Å²) in [6.07, 6.45) is 1.84. The van der Waals surface area contributed by atoms with Gasteiger partial charge in [0.05, 0.1) is 16.8 Å². The molecule has 0 saturated heterocycles. The molecule has 2 aromatic rings. The lowest BCUT2D eigenvalue weighted by Crippen LogP contribution is -2.33. The number of fused-ring (bicyclic) bond motifs is 1. The number of carbonyl (C=O) groups excluding carboxylic acids is 1. The standard InChI is InChI=1S/C18H22N2O4S/c1-10-8-12(15(21)13-9-19-20(5)17(13)22)11(2)14-16(10)25(23,24)7-6-18(14,3)4/h8-9,22H,6-7H2,1-5H3. The van der Waals surface area contributed by atoms with Crippen LogP contribution in [0.4, 0.5) is 0 Å². The number of rotatable bonds is 2. The average Bonchev–Trinajstić information content (AvgIpc) is 2.85. The van der Waals surface area contributed by atoms with Gasteiger partial charge in [0, 0.05) is 12.6 Å². The molecular formula is C18H22N2O4S. The number of hydrogen-bond donors (Lipinski definition) is 1. The Labute approximate surface area is 147 Å². The average molecular weight is 362 g/mol. The van der Waals surface area contributed by atoms with E-state index in [0.717, 1.165) is 0 Å². The van der Waals surface area contributed by atoms with Crippen molar-refractivity contribution in [1.29, 1.82) is 0 Å².